The zero-order chi connectivity index (χ0) is 15.4. The van der Waals surface area contributed by atoms with Gasteiger partial charge < -0.3 is 20.5 Å². The molecule has 1 aliphatic rings. The van der Waals surface area contributed by atoms with Crippen molar-refractivity contribution < 1.29 is 19.4 Å². The van der Waals surface area contributed by atoms with E-state index in [-0.39, 0.29) is 5.91 Å². The van der Waals surface area contributed by atoms with E-state index >= 15 is 0 Å². The van der Waals surface area contributed by atoms with E-state index < -0.39 is 22.8 Å². The molecule has 1 amide bonds. The number of hydrogen-bond acceptors (Lipinski definition) is 4. The first-order valence-corrected chi connectivity index (χ1v) is 6.96. The molecular formula is C14H26N2O4. The van der Waals surface area contributed by atoms with Crippen LogP contribution in [0.1, 0.15) is 33.6 Å². The highest BCUT2D eigenvalue weighted by molar-refractivity contribution is 5.88. The molecule has 0 radical (unpaired) electrons. The van der Waals surface area contributed by atoms with Gasteiger partial charge in [-0.1, -0.05) is 20.8 Å². The van der Waals surface area contributed by atoms with Gasteiger partial charge in [0.2, 0.25) is 5.91 Å². The lowest BCUT2D eigenvalue weighted by Crippen LogP contribution is -2.57. The van der Waals surface area contributed by atoms with Crippen molar-refractivity contribution in [1.29, 1.82) is 0 Å². The fourth-order valence-electron chi connectivity index (χ4n) is 2.55. The summed E-state index contributed by atoms with van der Waals surface area (Å²) in [6.07, 6.45) is 1.31. The summed E-state index contributed by atoms with van der Waals surface area (Å²) >= 11 is 0. The molecule has 0 aliphatic carbocycles. The summed E-state index contributed by atoms with van der Waals surface area (Å²) < 4.78 is 5.20. The number of carboxylic acid groups (broad SMARTS) is 1. The number of piperidine rings is 1. The standard InChI is InChI=1S/C14H26N2O4/c1-13(2,3)10(11(17)18)16-12(19)14(9-20-4)5-7-15-8-6-14/h10,15H,5-9H2,1-4H3,(H,16,19)(H,17,18)/t10-/m1/s1. The SMILES string of the molecule is COCC1(C(=O)N[C@H](C(=O)O)C(C)(C)C)CCNCC1. The van der Waals surface area contributed by atoms with Gasteiger partial charge in [-0.3, -0.25) is 4.79 Å². The molecule has 0 aromatic heterocycles. The Morgan fingerprint density at radius 1 is 1.35 bits per heavy atom. The molecule has 3 N–H and O–H groups in total. The second-order valence-electron chi connectivity index (χ2n) is 6.57. The molecule has 0 saturated carbocycles. The fourth-order valence-corrected chi connectivity index (χ4v) is 2.55. The van der Waals surface area contributed by atoms with E-state index in [1.165, 1.54) is 0 Å². The molecule has 0 bridgehead atoms. The number of rotatable bonds is 5. The highest BCUT2D eigenvalue weighted by Crippen LogP contribution is 2.30. The third-order valence-electron chi connectivity index (χ3n) is 3.85. The van der Waals surface area contributed by atoms with Gasteiger partial charge >= 0.3 is 5.97 Å². The van der Waals surface area contributed by atoms with Crippen molar-refractivity contribution in [2.24, 2.45) is 10.8 Å². The maximum atomic E-state index is 12.6. The zero-order valence-corrected chi connectivity index (χ0v) is 12.8. The van der Waals surface area contributed by atoms with Crippen LogP contribution >= 0.6 is 0 Å². The maximum absolute atomic E-state index is 12.6. The Morgan fingerprint density at radius 2 is 1.90 bits per heavy atom. The molecule has 0 spiro atoms. The van der Waals surface area contributed by atoms with E-state index in [2.05, 4.69) is 10.6 Å². The van der Waals surface area contributed by atoms with Crippen LogP contribution in [0.15, 0.2) is 0 Å². The number of nitrogens with one attached hydrogen (secondary N) is 2. The van der Waals surface area contributed by atoms with Crippen LogP contribution in [0.3, 0.4) is 0 Å². The number of aliphatic carboxylic acids is 1. The van der Waals surface area contributed by atoms with E-state index in [4.69, 9.17) is 4.74 Å². The predicted molar refractivity (Wildman–Crippen MR) is 75.4 cm³/mol. The van der Waals surface area contributed by atoms with E-state index in [9.17, 15) is 14.7 Å². The van der Waals surface area contributed by atoms with E-state index in [0.29, 0.717) is 19.4 Å². The zero-order valence-electron chi connectivity index (χ0n) is 12.8. The summed E-state index contributed by atoms with van der Waals surface area (Å²) in [7, 11) is 1.56. The van der Waals surface area contributed by atoms with Crippen LogP contribution in [0.4, 0.5) is 0 Å². The molecular weight excluding hydrogens is 260 g/mol. The highest BCUT2D eigenvalue weighted by atomic mass is 16.5. The number of methoxy groups -OCH3 is 1. The Morgan fingerprint density at radius 3 is 2.30 bits per heavy atom. The third-order valence-corrected chi connectivity index (χ3v) is 3.85. The molecule has 1 heterocycles. The van der Waals surface area contributed by atoms with Crippen molar-refractivity contribution in [3.8, 4) is 0 Å². The predicted octanol–water partition coefficient (Wildman–Crippen LogP) is 0.618. The number of carboxylic acids is 1. The largest absolute Gasteiger partial charge is 0.480 e. The number of hydrogen-bond donors (Lipinski definition) is 3. The summed E-state index contributed by atoms with van der Waals surface area (Å²) in [5.74, 6) is -1.23. The van der Waals surface area contributed by atoms with Gasteiger partial charge in [-0.05, 0) is 31.3 Å². The van der Waals surface area contributed by atoms with Crippen molar-refractivity contribution in [2.75, 3.05) is 26.8 Å². The van der Waals surface area contributed by atoms with Gasteiger partial charge in [-0.2, -0.15) is 0 Å². The monoisotopic (exact) mass is 286 g/mol. The molecule has 116 valence electrons. The molecule has 1 rings (SSSR count). The lowest BCUT2D eigenvalue weighted by molar-refractivity contribution is -0.148. The highest BCUT2D eigenvalue weighted by Gasteiger charge is 2.43. The molecule has 6 nitrogen and oxygen atoms in total. The van der Waals surface area contributed by atoms with Gasteiger partial charge in [-0.25, -0.2) is 4.79 Å². The van der Waals surface area contributed by atoms with E-state index in [1.54, 1.807) is 27.9 Å². The number of ether oxygens (including phenoxy) is 1. The summed E-state index contributed by atoms with van der Waals surface area (Å²) in [4.78, 5) is 24.0. The third kappa shape index (κ3) is 3.93. The van der Waals surface area contributed by atoms with Crippen LogP contribution in [0.5, 0.6) is 0 Å². The molecule has 1 saturated heterocycles. The Labute approximate surface area is 120 Å². The molecule has 6 heteroatoms. The van der Waals surface area contributed by atoms with Gasteiger partial charge in [0.1, 0.15) is 6.04 Å². The maximum Gasteiger partial charge on any atom is 0.326 e. The van der Waals surface area contributed by atoms with E-state index in [0.717, 1.165) is 13.1 Å². The van der Waals surface area contributed by atoms with Crippen molar-refractivity contribution in [3.63, 3.8) is 0 Å². The van der Waals surface area contributed by atoms with Crippen LogP contribution in [0.2, 0.25) is 0 Å². The molecule has 1 aliphatic heterocycles. The molecule has 0 aromatic rings. The summed E-state index contributed by atoms with van der Waals surface area (Å²) in [6, 6.07) is -0.904. The Kier molecular flexibility index (Phi) is 5.53. The van der Waals surface area contributed by atoms with Gasteiger partial charge in [0.05, 0.1) is 12.0 Å². The minimum Gasteiger partial charge on any atom is -0.480 e. The number of carbonyl (C=O) groups excluding carboxylic acids is 1. The Balaban J connectivity index is 2.87. The minimum atomic E-state index is -1.01. The average molecular weight is 286 g/mol. The van der Waals surface area contributed by atoms with E-state index in [1.807, 2.05) is 0 Å². The van der Waals surface area contributed by atoms with Gasteiger partial charge in [0.25, 0.3) is 0 Å². The Hall–Kier alpha value is -1.14. The lowest BCUT2D eigenvalue weighted by atomic mass is 9.77. The first-order valence-electron chi connectivity index (χ1n) is 6.96. The molecule has 0 aromatic carbocycles. The fraction of sp³-hybridized carbons (Fsp3) is 0.857. The molecule has 20 heavy (non-hydrogen) atoms. The summed E-state index contributed by atoms with van der Waals surface area (Å²) in [6.45, 7) is 7.21. The van der Waals surface area contributed by atoms with Crippen LogP contribution < -0.4 is 10.6 Å². The van der Waals surface area contributed by atoms with Gasteiger partial charge in [0.15, 0.2) is 0 Å². The van der Waals surface area contributed by atoms with Crippen LogP contribution in [-0.2, 0) is 14.3 Å². The topological polar surface area (TPSA) is 87.7 Å². The number of amides is 1. The second-order valence-corrected chi connectivity index (χ2v) is 6.57. The first kappa shape index (κ1) is 16.9. The van der Waals surface area contributed by atoms with Crippen molar-refractivity contribution in [3.05, 3.63) is 0 Å². The number of carbonyl (C=O) groups is 2. The first-order chi connectivity index (χ1) is 9.23. The molecule has 1 atom stereocenters. The van der Waals surface area contributed by atoms with Crippen LogP contribution in [0.25, 0.3) is 0 Å². The molecule has 1 fully saturated rings. The van der Waals surface area contributed by atoms with Crippen molar-refractivity contribution in [1.82, 2.24) is 10.6 Å². The second kappa shape index (κ2) is 6.54. The van der Waals surface area contributed by atoms with Crippen molar-refractivity contribution >= 4 is 11.9 Å². The van der Waals surface area contributed by atoms with Crippen LogP contribution in [-0.4, -0.2) is 49.8 Å². The normalized spacial score (nSPS) is 20.2. The summed E-state index contributed by atoms with van der Waals surface area (Å²) in [5, 5.41) is 15.2. The summed E-state index contributed by atoms with van der Waals surface area (Å²) in [5.41, 5.74) is -1.17. The Bertz CT molecular complexity index is 351. The van der Waals surface area contributed by atoms with Gasteiger partial charge in [-0.15, -0.1) is 0 Å². The quantitative estimate of drug-likeness (QED) is 0.689. The minimum absolute atomic E-state index is 0.219. The van der Waals surface area contributed by atoms with Gasteiger partial charge in [0, 0.05) is 7.11 Å². The smallest absolute Gasteiger partial charge is 0.326 e. The molecule has 0 unspecified atom stereocenters. The van der Waals surface area contributed by atoms with Crippen molar-refractivity contribution in [2.45, 2.75) is 39.7 Å². The van der Waals surface area contributed by atoms with Crippen LogP contribution in [0, 0.1) is 10.8 Å². The average Bonchev–Trinajstić information content (AvgIpc) is 2.35. The lowest BCUT2D eigenvalue weighted by Gasteiger charge is -2.38.